The molecule has 0 amide bonds. The molecule has 102 valence electrons. The van der Waals surface area contributed by atoms with Gasteiger partial charge in [0.2, 0.25) is 11.3 Å². The van der Waals surface area contributed by atoms with Crippen LogP contribution in [-0.2, 0) is 12.9 Å². The van der Waals surface area contributed by atoms with Gasteiger partial charge in [-0.15, -0.1) is 13.2 Å². The van der Waals surface area contributed by atoms with Crippen molar-refractivity contribution in [1.82, 2.24) is 4.98 Å². The van der Waals surface area contributed by atoms with Crippen LogP contribution in [0.15, 0.2) is 11.0 Å². The molecule has 1 aromatic heterocycles. The van der Waals surface area contributed by atoms with Gasteiger partial charge in [0.15, 0.2) is 0 Å². The van der Waals surface area contributed by atoms with E-state index in [0.29, 0.717) is 0 Å². The average Bonchev–Trinajstić information content (AvgIpc) is 2.13. The largest absolute Gasteiger partial charge is 0.574 e. The summed E-state index contributed by atoms with van der Waals surface area (Å²) in [6.45, 7) is -1.83. The van der Waals surface area contributed by atoms with Crippen molar-refractivity contribution < 1.29 is 35.5 Å². The van der Waals surface area contributed by atoms with E-state index in [1.807, 2.05) is 0 Å². The van der Waals surface area contributed by atoms with Crippen LogP contribution in [0.1, 0.15) is 11.1 Å². The van der Waals surface area contributed by atoms with Crippen LogP contribution < -0.4 is 10.2 Å². The lowest BCUT2D eigenvalue weighted by molar-refractivity contribution is -0.276. The highest BCUT2D eigenvalue weighted by Gasteiger charge is 2.38. The minimum absolute atomic E-state index is 0.0113. The molecule has 0 atom stereocenters. The van der Waals surface area contributed by atoms with Crippen LogP contribution in [0.4, 0.5) is 30.7 Å². The van der Waals surface area contributed by atoms with Crippen molar-refractivity contribution in [2.75, 3.05) is 0 Å². The van der Waals surface area contributed by atoms with Crippen molar-refractivity contribution >= 4 is 0 Å². The number of hydrogen-bond acceptors (Lipinski definition) is 2. The molecular weight excluding hydrogens is 275 g/mol. The van der Waals surface area contributed by atoms with Gasteiger partial charge in [0.25, 0.3) is 0 Å². The maximum Gasteiger partial charge on any atom is 0.574 e. The molecule has 0 saturated heterocycles. The average molecular weight is 279 g/mol. The Morgan fingerprint density at radius 2 is 1.72 bits per heavy atom. The first-order valence-corrected chi connectivity index (χ1v) is 4.19. The lowest BCUT2D eigenvalue weighted by Gasteiger charge is -2.13. The molecule has 0 fully saturated rings. The molecule has 18 heavy (non-hydrogen) atoms. The number of H-pyrrole nitrogens is 1. The van der Waals surface area contributed by atoms with Crippen LogP contribution >= 0.6 is 0 Å². The van der Waals surface area contributed by atoms with E-state index in [4.69, 9.17) is 0 Å². The van der Waals surface area contributed by atoms with Gasteiger partial charge in [0, 0.05) is 6.20 Å². The van der Waals surface area contributed by atoms with Gasteiger partial charge in [-0.1, -0.05) is 0 Å². The summed E-state index contributed by atoms with van der Waals surface area (Å²) in [5.74, 6) is -1.40. The standard InChI is InChI=1S/C8H4F7NO2/c9-1-3-5(17)4(7(10,11)12)2-16-6(3)18-8(13,14)15/h2H,1H2,(H,16,17). The van der Waals surface area contributed by atoms with E-state index >= 15 is 0 Å². The highest BCUT2D eigenvalue weighted by molar-refractivity contribution is 5.31. The Morgan fingerprint density at radius 1 is 1.17 bits per heavy atom. The van der Waals surface area contributed by atoms with Crippen molar-refractivity contribution in [3.8, 4) is 5.88 Å². The molecule has 0 aliphatic rings. The molecule has 1 N–H and O–H groups in total. The molecule has 10 heteroatoms. The zero-order chi connectivity index (χ0) is 14.1. The summed E-state index contributed by atoms with van der Waals surface area (Å²) in [6.07, 6.45) is -10.4. The Labute approximate surface area is 94.2 Å². The smallest absolute Gasteiger partial charge is 0.389 e. The number of hydrogen-bond donors (Lipinski definition) is 1. The Kier molecular flexibility index (Phi) is 3.58. The number of halogens is 7. The van der Waals surface area contributed by atoms with Crippen molar-refractivity contribution in [2.45, 2.75) is 19.2 Å². The van der Waals surface area contributed by atoms with E-state index in [9.17, 15) is 35.5 Å². The van der Waals surface area contributed by atoms with E-state index in [2.05, 4.69) is 4.74 Å². The van der Waals surface area contributed by atoms with E-state index in [-0.39, 0.29) is 6.20 Å². The van der Waals surface area contributed by atoms with Crippen molar-refractivity contribution in [1.29, 1.82) is 0 Å². The van der Waals surface area contributed by atoms with Crippen LogP contribution in [-0.4, -0.2) is 11.3 Å². The zero-order valence-electron chi connectivity index (χ0n) is 8.25. The van der Waals surface area contributed by atoms with Gasteiger partial charge in [-0.05, 0) is 0 Å². The fourth-order valence-corrected chi connectivity index (χ4v) is 1.09. The second kappa shape index (κ2) is 4.50. The molecule has 3 nitrogen and oxygen atoms in total. The summed E-state index contributed by atoms with van der Waals surface area (Å²) in [7, 11) is 0. The first kappa shape index (κ1) is 14.3. The Bertz CT molecular complexity index is 488. The third-order valence-electron chi connectivity index (χ3n) is 1.80. The summed E-state index contributed by atoms with van der Waals surface area (Å²) < 4.78 is 87.8. The molecule has 1 heterocycles. The fraction of sp³-hybridized carbons (Fsp3) is 0.375. The van der Waals surface area contributed by atoms with Gasteiger partial charge < -0.3 is 9.72 Å². The second-order valence-electron chi connectivity index (χ2n) is 3.02. The summed E-state index contributed by atoms with van der Waals surface area (Å²) in [4.78, 5) is 12.6. The normalized spacial score (nSPS) is 12.6. The molecular formula is C8H4F7NO2. The molecule has 1 aromatic rings. The molecule has 0 aliphatic heterocycles. The van der Waals surface area contributed by atoms with Gasteiger partial charge in [-0.25, -0.2) is 4.39 Å². The number of ether oxygens (including phenoxy) is 1. The summed E-state index contributed by atoms with van der Waals surface area (Å²) in [5, 5.41) is 0. The van der Waals surface area contributed by atoms with Crippen LogP contribution in [0, 0.1) is 0 Å². The maximum absolute atomic E-state index is 12.4. The van der Waals surface area contributed by atoms with E-state index in [1.165, 1.54) is 4.98 Å². The minimum Gasteiger partial charge on any atom is -0.389 e. The van der Waals surface area contributed by atoms with E-state index in [0.717, 1.165) is 0 Å². The first-order valence-electron chi connectivity index (χ1n) is 4.19. The SMILES string of the molecule is O=c1c(C(F)(F)F)c[nH]c(OC(F)(F)F)c1CF. The Morgan fingerprint density at radius 3 is 2.11 bits per heavy atom. The van der Waals surface area contributed by atoms with Crippen molar-refractivity contribution in [3.05, 3.63) is 27.5 Å². The lowest BCUT2D eigenvalue weighted by atomic mass is 10.2. The predicted molar refractivity (Wildman–Crippen MR) is 43.6 cm³/mol. The van der Waals surface area contributed by atoms with Crippen LogP contribution in [0.2, 0.25) is 0 Å². The van der Waals surface area contributed by atoms with E-state index < -0.39 is 41.6 Å². The quantitative estimate of drug-likeness (QED) is 0.846. The molecule has 0 bridgehead atoms. The summed E-state index contributed by atoms with van der Waals surface area (Å²) in [5.41, 5.74) is -5.07. The summed E-state index contributed by atoms with van der Waals surface area (Å²) >= 11 is 0. The van der Waals surface area contributed by atoms with Gasteiger partial charge in [0.1, 0.15) is 12.2 Å². The number of aromatic nitrogens is 1. The number of rotatable bonds is 2. The van der Waals surface area contributed by atoms with Gasteiger partial charge in [-0.2, -0.15) is 13.2 Å². The molecule has 0 aliphatic carbocycles. The number of aromatic amines is 1. The highest BCUT2D eigenvalue weighted by atomic mass is 19.4. The van der Waals surface area contributed by atoms with Crippen molar-refractivity contribution in [2.24, 2.45) is 0 Å². The maximum atomic E-state index is 12.4. The predicted octanol–water partition coefficient (Wildman–Crippen LogP) is 2.76. The molecule has 0 saturated carbocycles. The second-order valence-corrected chi connectivity index (χ2v) is 3.02. The monoisotopic (exact) mass is 279 g/mol. The number of alkyl halides is 7. The third-order valence-corrected chi connectivity index (χ3v) is 1.80. The highest BCUT2D eigenvalue weighted by Crippen LogP contribution is 2.29. The molecule has 0 spiro atoms. The van der Waals surface area contributed by atoms with Gasteiger partial charge in [0.05, 0.1) is 5.56 Å². The van der Waals surface area contributed by atoms with Crippen LogP contribution in [0.25, 0.3) is 0 Å². The van der Waals surface area contributed by atoms with Crippen LogP contribution in [0.3, 0.4) is 0 Å². The summed E-state index contributed by atoms with van der Waals surface area (Å²) in [6, 6.07) is 0. The lowest BCUT2D eigenvalue weighted by Crippen LogP contribution is -2.26. The van der Waals surface area contributed by atoms with Crippen molar-refractivity contribution in [3.63, 3.8) is 0 Å². The molecule has 0 radical (unpaired) electrons. The number of nitrogens with one attached hydrogen (secondary N) is 1. The minimum atomic E-state index is -5.26. The van der Waals surface area contributed by atoms with E-state index in [1.54, 1.807) is 0 Å². The first-order chi connectivity index (χ1) is 8.06. The third kappa shape index (κ3) is 3.14. The number of pyridine rings is 1. The molecule has 0 unspecified atom stereocenters. The molecule has 0 aromatic carbocycles. The van der Waals surface area contributed by atoms with Gasteiger partial charge >= 0.3 is 12.5 Å². The van der Waals surface area contributed by atoms with Crippen LogP contribution in [0.5, 0.6) is 5.88 Å². The topological polar surface area (TPSA) is 42.1 Å². The van der Waals surface area contributed by atoms with Gasteiger partial charge in [-0.3, -0.25) is 4.79 Å². The zero-order valence-corrected chi connectivity index (χ0v) is 8.25. The Hall–Kier alpha value is -1.74. The fourth-order valence-electron chi connectivity index (χ4n) is 1.09. The molecule has 1 rings (SSSR count). The Balaban J connectivity index is 3.35.